The smallest absolute Gasteiger partial charge is 0.225 e. The van der Waals surface area contributed by atoms with E-state index < -0.39 is 0 Å². The van der Waals surface area contributed by atoms with Gasteiger partial charge in [-0.15, -0.1) is 12.4 Å². The van der Waals surface area contributed by atoms with E-state index >= 15 is 0 Å². The fraction of sp³-hybridized carbons (Fsp3) is 0.650. The minimum atomic E-state index is 0. The topological polar surface area (TPSA) is 35.6 Å². The number of carbonyl (C=O) groups is 1. The van der Waals surface area contributed by atoms with E-state index in [-0.39, 0.29) is 18.3 Å². The summed E-state index contributed by atoms with van der Waals surface area (Å²) in [4.78, 5) is 17.4. The average Bonchev–Trinajstić information content (AvgIpc) is 2.61. The first-order chi connectivity index (χ1) is 11.6. The van der Waals surface area contributed by atoms with Crippen molar-refractivity contribution in [2.75, 3.05) is 26.7 Å². The van der Waals surface area contributed by atoms with Crippen LogP contribution < -0.4 is 5.32 Å². The van der Waals surface area contributed by atoms with Gasteiger partial charge in [-0.2, -0.15) is 0 Å². The highest BCUT2D eigenvalue weighted by Gasteiger charge is 2.32. The Morgan fingerprint density at radius 3 is 2.76 bits per heavy atom. The van der Waals surface area contributed by atoms with Crippen LogP contribution in [0.5, 0.6) is 0 Å². The zero-order chi connectivity index (χ0) is 16.9. The summed E-state index contributed by atoms with van der Waals surface area (Å²) in [7, 11) is 2.02. The molecule has 4 nitrogen and oxygen atoms in total. The van der Waals surface area contributed by atoms with Crippen LogP contribution >= 0.6 is 12.4 Å². The first kappa shape index (κ1) is 20.2. The van der Waals surface area contributed by atoms with Gasteiger partial charge >= 0.3 is 0 Å². The third-order valence-electron chi connectivity index (χ3n) is 5.60. The van der Waals surface area contributed by atoms with Crippen molar-refractivity contribution in [3.8, 4) is 0 Å². The van der Waals surface area contributed by atoms with Gasteiger partial charge in [-0.3, -0.25) is 9.69 Å². The predicted octanol–water partition coefficient (Wildman–Crippen LogP) is 2.92. The Morgan fingerprint density at radius 1 is 1.28 bits per heavy atom. The van der Waals surface area contributed by atoms with Gasteiger partial charge in [-0.05, 0) is 51.3 Å². The number of carbonyl (C=O) groups excluding carboxylic acids is 1. The number of hydrogen-bond acceptors (Lipinski definition) is 3. The molecule has 1 unspecified atom stereocenters. The van der Waals surface area contributed by atoms with Crippen LogP contribution in [-0.4, -0.2) is 54.5 Å². The molecule has 0 saturated carbocycles. The molecule has 1 aromatic rings. The van der Waals surface area contributed by atoms with Crippen LogP contribution in [0.3, 0.4) is 0 Å². The molecule has 3 rings (SSSR count). The Balaban J connectivity index is 0.00000225. The number of likely N-dealkylation sites (N-methyl/N-ethyl adjacent to an activating group) is 1. The van der Waals surface area contributed by atoms with Crippen molar-refractivity contribution in [3.63, 3.8) is 0 Å². The fourth-order valence-corrected chi connectivity index (χ4v) is 4.16. The first-order valence-electron chi connectivity index (χ1n) is 9.40. The van der Waals surface area contributed by atoms with Crippen LogP contribution in [0.15, 0.2) is 30.3 Å². The van der Waals surface area contributed by atoms with Gasteiger partial charge in [0.25, 0.3) is 0 Å². The quantitative estimate of drug-likeness (QED) is 0.891. The Labute approximate surface area is 158 Å². The summed E-state index contributed by atoms with van der Waals surface area (Å²) in [6.07, 6.45) is 4.27. The van der Waals surface area contributed by atoms with Crippen molar-refractivity contribution in [1.82, 2.24) is 15.1 Å². The summed E-state index contributed by atoms with van der Waals surface area (Å²) >= 11 is 0. The second-order valence-electron chi connectivity index (χ2n) is 7.54. The molecule has 1 N–H and O–H groups in total. The van der Waals surface area contributed by atoms with E-state index in [1.54, 1.807) is 0 Å². The number of rotatable bonds is 4. The lowest BCUT2D eigenvalue weighted by Crippen LogP contribution is -2.51. The second kappa shape index (κ2) is 9.56. The molecule has 2 fully saturated rings. The summed E-state index contributed by atoms with van der Waals surface area (Å²) in [6, 6.07) is 11.5. The lowest BCUT2D eigenvalue weighted by Gasteiger charge is -2.40. The molecule has 2 saturated heterocycles. The normalized spacial score (nSPS) is 27.4. The molecule has 0 radical (unpaired) electrons. The molecule has 2 aliphatic heterocycles. The second-order valence-corrected chi connectivity index (χ2v) is 7.54. The van der Waals surface area contributed by atoms with E-state index in [9.17, 15) is 4.79 Å². The average molecular weight is 366 g/mol. The molecule has 1 amide bonds. The number of piperidine rings is 2. The molecular formula is C20H32ClN3O. The van der Waals surface area contributed by atoms with Gasteiger partial charge in [0.1, 0.15) is 0 Å². The van der Waals surface area contributed by atoms with E-state index in [0.29, 0.717) is 18.0 Å². The van der Waals surface area contributed by atoms with Crippen LogP contribution in [0.2, 0.25) is 0 Å². The molecule has 1 aromatic carbocycles. The highest BCUT2D eigenvalue weighted by molar-refractivity contribution is 5.85. The van der Waals surface area contributed by atoms with Gasteiger partial charge in [0.2, 0.25) is 5.91 Å². The lowest BCUT2D eigenvalue weighted by molar-refractivity contribution is -0.138. The highest BCUT2D eigenvalue weighted by Crippen LogP contribution is 2.23. The molecule has 5 heteroatoms. The Hall–Kier alpha value is -1.10. The van der Waals surface area contributed by atoms with E-state index in [2.05, 4.69) is 52.4 Å². The maximum atomic E-state index is 12.9. The minimum Gasteiger partial charge on any atom is -0.341 e. The third kappa shape index (κ3) is 5.44. The molecule has 0 bridgehead atoms. The van der Waals surface area contributed by atoms with Gasteiger partial charge in [0.15, 0.2) is 0 Å². The summed E-state index contributed by atoms with van der Waals surface area (Å²) in [5, 5.41) is 3.44. The molecule has 2 heterocycles. The van der Waals surface area contributed by atoms with Crippen LogP contribution in [-0.2, 0) is 11.3 Å². The van der Waals surface area contributed by atoms with Gasteiger partial charge in [-0.1, -0.05) is 30.3 Å². The predicted molar refractivity (Wildman–Crippen MR) is 105 cm³/mol. The summed E-state index contributed by atoms with van der Waals surface area (Å²) in [5.74, 6) is 0.561. The van der Waals surface area contributed by atoms with Crippen LogP contribution in [0.4, 0.5) is 0 Å². The molecule has 0 spiro atoms. The molecule has 140 valence electrons. The summed E-state index contributed by atoms with van der Waals surface area (Å²) in [6.45, 7) is 6.27. The van der Waals surface area contributed by atoms with E-state index in [4.69, 9.17) is 0 Å². The van der Waals surface area contributed by atoms with Crippen LogP contribution in [0.1, 0.15) is 38.2 Å². The fourth-order valence-electron chi connectivity index (χ4n) is 4.16. The van der Waals surface area contributed by atoms with Crippen molar-refractivity contribution in [2.45, 2.75) is 51.2 Å². The van der Waals surface area contributed by atoms with E-state index in [1.165, 1.54) is 12.0 Å². The van der Waals surface area contributed by atoms with Gasteiger partial charge in [0.05, 0.1) is 0 Å². The highest BCUT2D eigenvalue weighted by atomic mass is 35.5. The molecule has 3 atom stereocenters. The van der Waals surface area contributed by atoms with Gasteiger partial charge in [-0.25, -0.2) is 0 Å². The van der Waals surface area contributed by atoms with E-state index in [0.717, 1.165) is 45.4 Å². The maximum absolute atomic E-state index is 12.9. The third-order valence-corrected chi connectivity index (χ3v) is 5.60. The van der Waals surface area contributed by atoms with Crippen molar-refractivity contribution in [2.24, 2.45) is 5.92 Å². The van der Waals surface area contributed by atoms with Crippen molar-refractivity contribution >= 4 is 18.3 Å². The van der Waals surface area contributed by atoms with Crippen molar-refractivity contribution in [1.29, 1.82) is 0 Å². The Morgan fingerprint density at radius 2 is 2.04 bits per heavy atom. The monoisotopic (exact) mass is 365 g/mol. The molecule has 0 aliphatic carbocycles. The molecule has 0 aromatic heterocycles. The zero-order valence-corrected chi connectivity index (χ0v) is 16.3. The number of halogens is 1. The zero-order valence-electron chi connectivity index (χ0n) is 15.5. The maximum Gasteiger partial charge on any atom is 0.225 e. The SMILES string of the molecule is C[C@H]1C[C@@H](C(=O)N(C)C2CCCN(Cc3ccccc3)C2)CCN1.Cl. The van der Waals surface area contributed by atoms with E-state index in [1.807, 2.05) is 7.05 Å². The molecular weight excluding hydrogens is 334 g/mol. The molecule has 2 aliphatic rings. The lowest BCUT2D eigenvalue weighted by atomic mass is 9.91. The first-order valence-corrected chi connectivity index (χ1v) is 9.40. The van der Waals surface area contributed by atoms with Gasteiger partial charge in [0, 0.05) is 38.1 Å². The number of likely N-dealkylation sites (tertiary alicyclic amines) is 1. The minimum absolute atomic E-state index is 0. The number of benzene rings is 1. The van der Waals surface area contributed by atoms with Crippen LogP contribution in [0, 0.1) is 5.92 Å². The Bertz CT molecular complexity index is 539. The standard InChI is InChI=1S/C20H31N3O.ClH/c1-16-13-18(10-11-21-16)20(24)22(2)19-9-6-12-23(15-19)14-17-7-4-3-5-8-17;/h3-5,7-8,16,18-19,21H,6,9-15H2,1-2H3;1H/t16-,18-,19?;/m0./s1. The number of nitrogens with zero attached hydrogens (tertiary/aromatic N) is 2. The van der Waals surface area contributed by atoms with Gasteiger partial charge < -0.3 is 10.2 Å². The van der Waals surface area contributed by atoms with Crippen LogP contribution in [0.25, 0.3) is 0 Å². The number of amides is 1. The van der Waals surface area contributed by atoms with Crippen molar-refractivity contribution < 1.29 is 4.79 Å². The summed E-state index contributed by atoms with van der Waals surface area (Å²) in [5.41, 5.74) is 1.36. The molecule has 25 heavy (non-hydrogen) atoms. The summed E-state index contributed by atoms with van der Waals surface area (Å²) < 4.78 is 0. The largest absolute Gasteiger partial charge is 0.341 e. The Kier molecular flexibility index (Phi) is 7.73. The van der Waals surface area contributed by atoms with Crippen molar-refractivity contribution in [3.05, 3.63) is 35.9 Å². The number of nitrogens with one attached hydrogen (secondary N) is 1. The number of hydrogen-bond donors (Lipinski definition) is 1.